The Hall–Kier alpha value is -1.03. The van der Waals surface area contributed by atoms with Crippen LogP contribution in [0.5, 0.6) is 0 Å². The van der Waals surface area contributed by atoms with E-state index >= 15 is 0 Å². The molecule has 9 heteroatoms. The van der Waals surface area contributed by atoms with Crippen molar-refractivity contribution in [3.63, 3.8) is 0 Å². The first-order valence-corrected chi connectivity index (χ1v) is 12.1. The lowest BCUT2D eigenvalue weighted by molar-refractivity contribution is -0.130. The van der Waals surface area contributed by atoms with E-state index in [9.17, 15) is 13.2 Å². The zero-order valence-electron chi connectivity index (χ0n) is 15.9. The average molecular weight is 414 g/mol. The predicted molar refractivity (Wildman–Crippen MR) is 103 cm³/mol. The molecule has 1 amide bonds. The van der Waals surface area contributed by atoms with Crippen molar-refractivity contribution >= 4 is 27.1 Å². The van der Waals surface area contributed by atoms with Gasteiger partial charge in [-0.15, -0.1) is 11.3 Å². The van der Waals surface area contributed by atoms with Crippen LogP contribution in [0.1, 0.15) is 28.4 Å². The predicted octanol–water partition coefficient (Wildman–Crippen LogP) is 0.902. The maximum absolute atomic E-state index is 13.0. The first-order chi connectivity index (χ1) is 12.8. The molecule has 1 aromatic rings. The van der Waals surface area contributed by atoms with Gasteiger partial charge in [0.1, 0.15) is 0 Å². The van der Waals surface area contributed by atoms with E-state index in [2.05, 4.69) is 15.2 Å². The molecule has 1 N–H and O–H groups in total. The number of ether oxygens (including phenoxy) is 1. The molecule has 3 fully saturated rings. The number of carbonyl (C=O) groups excluding carboxylic acids is 1. The summed E-state index contributed by atoms with van der Waals surface area (Å²) in [4.78, 5) is 21.2. The summed E-state index contributed by atoms with van der Waals surface area (Å²) < 4.78 is 28.4. The Balaban J connectivity index is 1.48. The van der Waals surface area contributed by atoms with Crippen molar-refractivity contribution in [1.29, 1.82) is 0 Å². The summed E-state index contributed by atoms with van der Waals surface area (Å²) in [6, 6.07) is -0.222. The summed E-state index contributed by atoms with van der Waals surface area (Å²) in [7, 11) is -2.94. The fourth-order valence-electron chi connectivity index (χ4n) is 4.71. The molecule has 27 heavy (non-hydrogen) atoms. The van der Waals surface area contributed by atoms with Crippen LogP contribution in [0.2, 0.25) is 0 Å². The number of nitrogens with zero attached hydrogens (tertiary/aromatic N) is 2. The second-order valence-corrected chi connectivity index (χ2v) is 11.7. The number of sulfone groups is 1. The van der Waals surface area contributed by atoms with E-state index in [1.165, 1.54) is 4.88 Å². The first kappa shape index (κ1) is 19.3. The Bertz CT molecular complexity index is 818. The maximum Gasteiger partial charge on any atom is 0.225 e. The van der Waals surface area contributed by atoms with Crippen LogP contribution in [0, 0.1) is 25.2 Å². The Labute approximate surface area is 164 Å². The number of hydrogen-bond donors (Lipinski definition) is 1. The van der Waals surface area contributed by atoms with Crippen molar-refractivity contribution < 1.29 is 17.9 Å². The van der Waals surface area contributed by atoms with E-state index in [0.29, 0.717) is 19.8 Å². The van der Waals surface area contributed by atoms with E-state index in [4.69, 9.17) is 4.74 Å². The van der Waals surface area contributed by atoms with E-state index in [0.717, 1.165) is 36.6 Å². The molecular formula is C18H27N3O4S2. The number of carbonyl (C=O) groups is 1. The van der Waals surface area contributed by atoms with Gasteiger partial charge < -0.3 is 10.1 Å². The minimum Gasteiger partial charge on any atom is -0.381 e. The minimum atomic E-state index is -2.94. The van der Waals surface area contributed by atoms with Gasteiger partial charge in [0.2, 0.25) is 5.91 Å². The quantitative estimate of drug-likeness (QED) is 0.789. The van der Waals surface area contributed by atoms with Crippen LogP contribution in [-0.4, -0.2) is 68.1 Å². The summed E-state index contributed by atoms with van der Waals surface area (Å²) in [6.07, 6.45) is 1.76. The Morgan fingerprint density at radius 3 is 2.63 bits per heavy atom. The van der Waals surface area contributed by atoms with Crippen LogP contribution < -0.4 is 5.32 Å². The first-order valence-electron chi connectivity index (χ1n) is 9.50. The number of thiazole rings is 1. The number of nitrogens with one attached hydrogen (secondary N) is 1. The molecule has 150 valence electrons. The van der Waals surface area contributed by atoms with Gasteiger partial charge in [0, 0.05) is 43.1 Å². The molecule has 0 unspecified atom stereocenters. The molecule has 0 saturated carbocycles. The van der Waals surface area contributed by atoms with Gasteiger partial charge in [0.05, 0.1) is 34.2 Å². The van der Waals surface area contributed by atoms with E-state index < -0.39 is 9.84 Å². The van der Waals surface area contributed by atoms with Gasteiger partial charge in [0.15, 0.2) is 9.84 Å². The second-order valence-electron chi connectivity index (χ2n) is 8.22. The molecule has 3 aliphatic rings. The van der Waals surface area contributed by atoms with Crippen molar-refractivity contribution in [3.8, 4) is 0 Å². The van der Waals surface area contributed by atoms with Crippen LogP contribution in [0.25, 0.3) is 0 Å². The normalized spacial score (nSPS) is 27.6. The molecule has 0 radical (unpaired) electrons. The van der Waals surface area contributed by atoms with E-state index in [1.807, 2.05) is 13.8 Å². The molecule has 7 nitrogen and oxygen atoms in total. The molecule has 0 bridgehead atoms. The Morgan fingerprint density at radius 1 is 1.33 bits per heavy atom. The van der Waals surface area contributed by atoms with Gasteiger partial charge in [-0.05, 0) is 26.7 Å². The number of amides is 1. The molecule has 3 saturated heterocycles. The topological polar surface area (TPSA) is 88.6 Å². The Kier molecular flexibility index (Phi) is 5.07. The van der Waals surface area contributed by atoms with Crippen LogP contribution >= 0.6 is 11.3 Å². The summed E-state index contributed by atoms with van der Waals surface area (Å²) in [5, 5.41) is 4.06. The SMILES string of the molecule is Cc1nc(C)c(CN2C[C@H](C(=O)NC3CS(=O)(=O)C3)C3(CCOCC3)C2)s1. The number of rotatable bonds is 4. The van der Waals surface area contributed by atoms with Gasteiger partial charge >= 0.3 is 0 Å². The third kappa shape index (κ3) is 3.92. The third-order valence-electron chi connectivity index (χ3n) is 6.15. The lowest BCUT2D eigenvalue weighted by Gasteiger charge is -2.38. The summed E-state index contributed by atoms with van der Waals surface area (Å²) in [6.45, 7) is 7.85. The van der Waals surface area contributed by atoms with Crippen molar-refractivity contribution in [2.75, 3.05) is 37.8 Å². The van der Waals surface area contributed by atoms with Crippen LogP contribution in [0.3, 0.4) is 0 Å². The van der Waals surface area contributed by atoms with Gasteiger partial charge in [-0.1, -0.05) is 0 Å². The lowest BCUT2D eigenvalue weighted by Crippen LogP contribution is -2.56. The number of aryl methyl sites for hydroxylation is 2. The summed E-state index contributed by atoms with van der Waals surface area (Å²) >= 11 is 1.72. The zero-order chi connectivity index (χ0) is 19.2. The molecule has 3 aliphatic heterocycles. The molecule has 1 spiro atoms. The Morgan fingerprint density at radius 2 is 2.04 bits per heavy atom. The maximum atomic E-state index is 13.0. The molecule has 0 aromatic carbocycles. The van der Waals surface area contributed by atoms with Gasteiger partial charge in [-0.3, -0.25) is 9.69 Å². The molecule has 4 heterocycles. The van der Waals surface area contributed by atoms with Crippen molar-refractivity contribution in [1.82, 2.24) is 15.2 Å². The van der Waals surface area contributed by atoms with Gasteiger partial charge in [0.25, 0.3) is 0 Å². The molecule has 0 aliphatic carbocycles. The highest BCUT2D eigenvalue weighted by Crippen LogP contribution is 2.45. The van der Waals surface area contributed by atoms with Crippen LogP contribution in [0.15, 0.2) is 0 Å². The summed E-state index contributed by atoms with van der Waals surface area (Å²) in [5.74, 6) is 0.0467. The van der Waals surface area contributed by atoms with E-state index in [-0.39, 0.29) is 34.8 Å². The summed E-state index contributed by atoms with van der Waals surface area (Å²) in [5.41, 5.74) is 1.00. The van der Waals surface area contributed by atoms with Gasteiger partial charge in [-0.25, -0.2) is 13.4 Å². The van der Waals surface area contributed by atoms with Crippen molar-refractivity contribution in [2.24, 2.45) is 11.3 Å². The van der Waals surface area contributed by atoms with Crippen molar-refractivity contribution in [2.45, 2.75) is 39.3 Å². The van der Waals surface area contributed by atoms with Crippen LogP contribution in [0.4, 0.5) is 0 Å². The lowest BCUT2D eigenvalue weighted by atomic mass is 9.71. The number of aromatic nitrogens is 1. The number of hydrogen-bond acceptors (Lipinski definition) is 7. The third-order valence-corrected chi connectivity index (χ3v) is 9.03. The molecule has 1 aromatic heterocycles. The number of likely N-dealkylation sites (tertiary alicyclic amines) is 1. The zero-order valence-corrected chi connectivity index (χ0v) is 17.5. The highest BCUT2D eigenvalue weighted by atomic mass is 32.2. The van der Waals surface area contributed by atoms with E-state index in [1.54, 1.807) is 11.3 Å². The fourth-order valence-corrected chi connectivity index (χ4v) is 6.99. The highest BCUT2D eigenvalue weighted by Gasteiger charge is 2.51. The molecule has 1 atom stereocenters. The fraction of sp³-hybridized carbons (Fsp3) is 0.778. The smallest absolute Gasteiger partial charge is 0.225 e. The molecular weight excluding hydrogens is 386 g/mol. The van der Waals surface area contributed by atoms with Crippen LogP contribution in [-0.2, 0) is 25.9 Å². The second kappa shape index (κ2) is 7.09. The average Bonchev–Trinajstić information content (AvgIpc) is 3.06. The standard InChI is InChI=1S/C18H27N3O4S2/c1-12-16(26-13(2)19-12)8-21-7-15(18(11-21)3-5-25-6-4-18)17(22)20-14-9-27(23,24)10-14/h14-15H,3-11H2,1-2H3,(H,20,22)/t15-/m1/s1. The van der Waals surface area contributed by atoms with Gasteiger partial charge in [-0.2, -0.15) is 0 Å². The minimum absolute atomic E-state index is 0.0107. The monoisotopic (exact) mass is 413 g/mol. The largest absolute Gasteiger partial charge is 0.381 e. The van der Waals surface area contributed by atoms with Crippen molar-refractivity contribution in [3.05, 3.63) is 15.6 Å². The highest BCUT2D eigenvalue weighted by molar-refractivity contribution is 7.92. The molecule has 4 rings (SSSR count).